The molecule has 0 aromatic carbocycles. The summed E-state index contributed by atoms with van der Waals surface area (Å²) in [6, 6.07) is 6.53. The van der Waals surface area contributed by atoms with Crippen LogP contribution < -0.4 is 5.32 Å². The average molecular weight is 247 g/mol. The normalized spacial score (nSPS) is 12.4. The Bertz CT molecular complexity index is 453. The van der Waals surface area contributed by atoms with Gasteiger partial charge >= 0.3 is 0 Å². The lowest BCUT2D eigenvalue weighted by Crippen LogP contribution is -2.07. The fourth-order valence-corrected chi connectivity index (χ4v) is 2.43. The SMILES string of the molecule is CCCc1cc(NC(C)c2cccs2)ncn1. The highest BCUT2D eigenvalue weighted by atomic mass is 32.1. The zero-order valence-electron chi connectivity index (χ0n) is 10.2. The second-order valence-electron chi connectivity index (χ2n) is 4.03. The molecule has 0 bridgehead atoms. The van der Waals surface area contributed by atoms with E-state index in [2.05, 4.69) is 46.6 Å². The van der Waals surface area contributed by atoms with Gasteiger partial charge in [0.2, 0.25) is 0 Å². The Morgan fingerprint density at radius 1 is 1.41 bits per heavy atom. The Balaban J connectivity index is 2.05. The molecule has 2 heterocycles. The maximum Gasteiger partial charge on any atom is 0.130 e. The number of aromatic nitrogens is 2. The van der Waals surface area contributed by atoms with Gasteiger partial charge in [-0.15, -0.1) is 11.3 Å². The number of nitrogens with zero attached hydrogens (tertiary/aromatic N) is 2. The first-order valence-electron chi connectivity index (χ1n) is 5.90. The van der Waals surface area contributed by atoms with Gasteiger partial charge in [0.15, 0.2) is 0 Å². The van der Waals surface area contributed by atoms with Crippen LogP contribution in [0.25, 0.3) is 0 Å². The molecule has 0 amide bonds. The summed E-state index contributed by atoms with van der Waals surface area (Å²) in [5.41, 5.74) is 1.10. The molecule has 3 nitrogen and oxygen atoms in total. The summed E-state index contributed by atoms with van der Waals surface area (Å²) in [5.74, 6) is 0.907. The molecule has 0 spiro atoms. The Morgan fingerprint density at radius 3 is 3.00 bits per heavy atom. The summed E-state index contributed by atoms with van der Waals surface area (Å²) >= 11 is 1.76. The van der Waals surface area contributed by atoms with Crippen LogP contribution in [0.15, 0.2) is 29.9 Å². The number of rotatable bonds is 5. The molecule has 1 unspecified atom stereocenters. The van der Waals surface area contributed by atoms with Crippen molar-refractivity contribution in [2.24, 2.45) is 0 Å². The van der Waals surface area contributed by atoms with Gasteiger partial charge < -0.3 is 5.32 Å². The summed E-state index contributed by atoms with van der Waals surface area (Å²) in [6.45, 7) is 4.30. The molecule has 2 aromatic heterocycles. The molecule has 1 atom stereocenters. The molecule has 4 heteroatoms. The summed E-state index contributed by atoms with van der Waals surface area (Å²) in [6.07, 6.45) is 3.75. The summed E-state index contributed by atoms with van der Waals surface area (Å²) in [7, 11) is 0. The van der Waals surface area contributed by atoms with Gasteiger partial charge in [0.25, 0.3) is 0 Å². The van der Waals surface area contributed by atoms with Crippen LogP contribution in [0.5, 0.6) is 0 Å². The van der Waals surface area contributed by atoms with Crippen molar-refractivity contribution in [1.29, 1.82) is 0 Å². The minimum Gasteiger partial charge on any atom is -0.363 e. The number of anilines is 1. The van der Waals surface area contributed by atoms with Gasteiger partial charge in [-0.3, -0.25) is 0 Å². The number of thiophene rings is 1. The molecule has 0 aliphatic heterocycles. The largest absolute Gasteiger partial charge is 0.363 e. The van der Waals surface area contributed by atoms with E-state index in [0.29, 0.717) is 6.04 Å². The third kappa shape index (κ3) is 3.27. The van der Waals surface area contributed by atoms with Crippen LogP contribution in [0.4, 0.5) is 5.82 Å². The van der Waals surface area contributed by atoms with E-state index in [1.807, 2.05) is 6.07 Å². The number of nitrogens with one attached hydrogen (secondary N) is 1. The topological polar surface area (TPSA) is 37.8 Å². The first kappa shape index (κ1) is 12.0. The first-order chi connectivity index (χ1) is 8.29. The van der Waals surface area contributed by atoms with Gasteiger partial charge in [-0.1, -0.05) is 19.4 Å². The van der Waals surface area contributed by atoms with Crippen molar-refractivity contribution in [2.45, 2.75) is 32.7 Å². The number of aryl methyl sites for hydroxylation is 1. The Hall–Kier alpha value is -1.42. The molecule has 0 aliphatic rings. The predicted octanol–water partition coefficient (Wildman–Crippen LogP) is 3.66. The van der Waals surface area contributed by atoms with Gasteiger partial charge in [-0.25, -0.2) is 9.97 Å². The van der Waals surface area contributed by atoms with Gasteiger partial charge in [-0.05, 0) is 24.8 Å². The Morgan fingerprint density at radius 2 is 2.29 bits per heavy atom. The van der Waals surface area contributed by atoms with Crippen LogP contribution in [0.1, 0.15) is 36.9 Å². The smallest absolute Gasteiger partial charge is 0.130 e. The van der Waals surface area contributed by atoms with E-state index in [4.69, 9.17) is 0 Å². The number of hydrogen-bond donors (Lipinski definition) is 1. The van der Waals surface area contributed by atoms with Crippen LogP contribution in [-0.4, -0.2) is 9.97 Å². The summed E-state index contributed by atoms with van der Waals surface area (Å²) < 4.78 is 0. The molecule has 1 N–H and O–H groups in total. The maximum absolute atomic E-state index is 4.25. The van der Waals surface area contributed by atoms with E-state index in [1.165, 1.54) is 4.88 Å². The zero-order valence-corrected chi connectivity index (χ0v) is 11.0. The first-order valence-corrected chi connectivity index (χ1v) is 6.78. The van der Waals surface area contributed by atoms with Crippen LogP contribution in [0.2, 0.25) is 0 Å². The van der Waals surface area contributed by atoms with E-state index < -0.39 is 0 Å². The van der Waals surface area contributed by atoms with Crippen molar-refractivity contribution < 1.29 is 0 Å². The highest BCUT2D eigenvalue weighted by Crippen LogP contribution is 2.22. The van der Waals surface area contributed by atoms with Crippen LogP contribution in [-0.2, 0) is 6.42 Å². The van der Waals surface area contributed by atoms with E-state index in [0.717, 1.165) is 24.4 Å². The molecular formula is C13H17N3S. The van der Waals surface area contributed by atoms with Gasteiger partial charge in [0.05, 0.1) is 6.04 Å². The number of hydrogen-bond acceptors (Lipinski definition) is 4. The fraction of sp³-hybridized carbons (Fsp3) is 0.385. The molecule has 0 saturated heterocycles. The molecular weight excluding hydrogens is 230 g/mol. The maximum atomic E-state index is 4.25. The van der Waals surface area contributed by atoms with E-state index in [-0.39, 0.29) is 0 Å². The standard InChI is InChI=1S/C13H17N3S/c1-3-5-11-8-13(15-9-14-11)16-10(2)12-6-4-7-17-12/h4,6-10H,3,5H2,1-2H3,(H,14,15,16). The minimum absolute atomic E-state index is 0.291. The average Bonchev–Trinajstić information content (AvgIpc) is 2.83. The molecule has 0 fully saturated rings. The second-order valence-corrected chi connectivity index (χ2v) is 5.01. The van der Waals surface area contributed by atoms with Crippen molar-refractivity contribution in [3.63, 3.8) is 0 Å². The van der Waals surface area contributed by atoms with Crippen LogP contribution >= 0.6 is 11.3 Å². The third-order valence-electron chi connectivity index (χ3n) is 2.56. The minimum atomic E-state index is 0.291. The molecule has 0 radical (unpaired) electrons. The zero-order chi connectivity index (χ0) is 12.1. The lowest BCUT2D eigenvalue weighted by atomic mass is 10.2. The summed E-state index contributed by atoms with van der Waals surface area (Å²) in [4.78, 5) is 9.82. The molecule has 2 rings (SSSR count). The van der Waals surface area contributed by atoms with Crippen molar-refractivity contribution in [3.05, 3.63) is 40.5 Å². The van der Waals surface area contributed by atoms with Crippen molar-refractivity contribution in [3.8, 4) is 0 Å². The third-order valence-corrected chi connectivity index (χ3v) is 3.62. The molecule has 90 valence electrons. The predicted molar refractivity (Wildman–Crippen MR) is 72.4 cm³/mol. The molecule has 17 heavy (non-hydrogen) atoms. The quantitative estimate of drug-likeness (QED) is 0.876. The van der Waals surface area contributed by atoms with E-state index in [9.17, 15) is 0 Å². The van der Waals surface area contributed by atoms with Crippen LogP contribution in [0, 0.1) is 0 Å². The van der Waals surface area contributed by atoms with Crippen molar-refractivity contribution in [1.82, 2.24) is 9.97 Å². The highest BCUT2D eigenvalue weighted by Gasteiger charge is 2.07. The van der Waals surface area contributed by atoms with Crippen molar-refractivity contribution in [2.75, 3.05) is 5.32 Å². The molecule has 0 aliphatic carbocycles. The molecule has 0 saturated carbocycles. The monoisotopic (exact) mass is 247 g/mol. The Labute approximate surface area is 106 Å². The lowest BCUT2D eigenvalue weighted by Gasteiger charge is -2.13. The van der Waals surface area contributed by atoms with Crippen LogP contribution in [0.3, 0.4) is 0 Å². The van der Waals surface area contributed by atoms with Crippen molar-refractivity contribution >= 4 is 17.2 Å². The van der Waals surface area contributed by atoms with Gasteiger partial charge in [-0.2, -0.15) is 0 Å². The van der Waals surface area contributed by atoms with E-state index >= 15 is 0 Å². The van der Waals surface area contributed by atoms with Gasteiger partial charge in [0.1, 0.15) is 12.1 Å². The van der Waals surface area contributed by atoms with E-state index in [1.54, 1.807) is 17.7 Å². The van der Waals surface area contributed by atoms with Gasteiger partial charge in [0, 0.05) is 16.6 Å². The fourth-order valence-electron chi connectivity index (χ4n) is 1.70. The second kappa shape index (κ2) is 5.77. The Kier molecular flexibility index (Phi) is 4.09. The molecule has 2 aromatic rings. The lowest BCUT2D eigenvalue weighted by molar-refractivity contribution is 0.857. The summed E-state index contributed by atoms with van der Waals surface area (Å²) in [5, 5.41) is 5.50. The highest BCUT2D eigenvalue weighted by molar-refractivity contribution is 7.10.